The second-order valence-corrected chi connectivity index (χ2v) is 13.5. The summed E-state index contributed by atoms with van der Waals surface area (Å²) >= 11 is 0. The second kappa shape index (κ2) is 13.8. The lowest BCUT2D eigenvalue weighted by Crippen LogP contribution is -2.00. The van der Waals surface area contributed by atoms with Gasteiger partial charge in [0.05, 0.1) is 11.2 Å². The molecule has 0 spiro atoms. The van der Waals surface area contributed by atoms with E-state index in [1.54, 1.807) is 0 Å². The summed E-state index contributed by atoms with van der Waals surface area (Å²) in [4.78, 5) is 14.9. The molecule has 0 amide bonds. The van der Waals surface area contributed by atoms with E-state index >= 15 is 0 Å². The third kappa shape index (κ3) is 5.85. The van der Waals surface area contributed by atoms with Gasteiger partial charge in [0.1, 0.15) is 5.69 Å². The fourth-order valence-electron chi connectivity index (χ4n) is 7.54. The van der Waals surface area contributed by atoms with Gasteiger partial charge in [0.2, 0.25) is 0 Å². The molecular formula is C50H33N5. The van der Waals surface area contributed by atoms with Gasteiger partial charge in [-0.05, 0) is 34.2 Å². The zero-order valence-electron chi connectivity index (χ0n) is 29.8. The molecule has 10 aromatic rings. The summed E-state index contributed by atoms with van der Waals surface area (Å²) in [6, 6.07) is 69.2. The highest BCUT2D eigenvalue weighted by atomic mass is 15.3. The van der Waals surface area contributed by atoms with Crippen molar-refractivity contribution in [1.82, 2.24) is 24.7 Å². The van der Waals surface area contributed by atoms with Crippen LogP contribution in [0.15, 0.2) is 200 Å². The van der Waals surface area contributed by atoms with Crippen LogP contribution in [0.3, 0.4) is 0 Å². The number of benzene rings is 8. The molecule has 0 aliphatic heterocycles. The van der Waals surface area contributed by atoms with E-state index in [9.17, 15) is 0 Å². The van der Waals surface area contributed by atoms with Crippen molar-refractivity contribution in [3.63, 3.8) is 0 Å². The van der Waals surface area contributed by atoms with E-state index in [1.165, 1.54) is 0 Å². The second-order valence-electron chi connectivity index (χ2n) is 13.5. The largest absolute Gasteiger partial charge is 0.232 e. The third-order valence-electron chi connectivity index (χ3n) is 10.1. The monoisotopic (exact) mass is 703 g/mol. The van der Waals surface area contributed by atoms with Crippen LogP contribution in [0, 0.1) is 0 Å². The highest BCUT2D eigenvalue weighted by Crippen LogP contribution is 2.48. The predicted octanol–water partition coefficient (Wildman–Crippen LogP) is 12.4. The van der Waals surface area contributed by atoms with E-state index in [-0.39, 0.29) is 0 Å². The molecule has 258 valence electrons. The van der Waals surface area contributed by atoms with Gasteiger partial charge in [-0.1, -0.05) is 188 Å². The smallest absolute Gasteiger partial charge is 0.164 e. The van der Waals surface area contributed by atoms with Crippen LogP contribution in [0.25, 0.3) is 95.0 Å². The van der Waals surface area contributed by atoms with Crippen LogP contribution in [-0.2, 0) is 0 Å². The Labute approximate surface area is 318 Å². The molecule has 0 radical (unpaired) electrons. The fourth-order valence-corrected chi connectivity index (χ4v) is 7.54. The molecular weight excluding hydrogens is 671 g/mol. The van der Waals surface area contributed by atoms with Crippen molar-refractivity contribution in [2.75, 3.05) is 0 Å². The molecule has 8 aromatic carbocycles. The quantitative estimate of drug-likeness (QED) is 0.166. The van der Waals surface area contributed by atoms with E-state index in [0.717, 1.165) is 77.6 Å². The Balaban J connectivity index is 1.23. The third-order valence-corrected chi connectivity index (χ3v) is 10.1. The highest BCUT2D eigenvalue weighted by Gasteiger charge is 2.25. The Kier molecular flexibility index (Phi) is 8.08. The molecule has 0 aliphatic rings. The SMILES string of the molecule is c1ccc(-c2nc(-c3ccccc3)nc(-c3ccc(-c4c(-c5ccccc5)c5c(-c6ccccc6)nn(-c6ccccc6)c5c5ccccc45)cc3)n2)cc1. The first-order valence-corrected chi connectivity index (χ1v) is 18.4. The van der Waals surface area contributed by atoms with Gasteiger partial charge in [-0.3, -0.25) is 0 Å². The number of rotatable bonds is 7. The van der Waals surface area contributed by atoms with Crippen LogP contribution < -0.4 is 0 Å². The lowest BCUT2D eigenvalue weighted by Gasteiger charge is -2.18. The average molecular weight is 704 g/mol. The van der Waals surface area contributed by atoms with Crippen molar-refractivity contribution in [1.29, 1.82) is 0 Å². The Morgan fingerprint density at radius 3 is 1.22 bits per heavy atom. The molecule has 0 saturated heterocycles. The van der Waals surface area contributed by atoms with Gasteiger partial charge >= 0.3 is 0 Å². The first-order valence-electron chi connectivity index (χ1n) is 18.4. The van der Waals surface area contributed by atoms with E-state index in [1.807, 2.05) is 66.7 Å². The summed E-state index contributed by atoms with van der Waals surface area (Å²) in [5, 5.41) is 8.80. The van der Waals surface area contributed by atoms with E-state index < -0.39 is 0 Å². The van der Waals surface area contributed by atoms with Gasteiger partial charge < -0.3 is 0 Å². The number of para-hydroxylation sites is 1. The number of nitrogens with zero attached hydrogens (tertiary/aromatic N) is 5. The molecule has 10 rings (SSSR count). The Morgan fingerprint density at radius 2 is 0.691 bits per heavy atom. The summed E-state index contributed by atoms with van der Waals surface area (Å²) < 4.78 is 2.12. The topological polar surface area (TPSA) is 56.5 Å². The van der Waals surface area contributed by atoms with Gasteiger partial charge in [0.15, 0.2) is 17.5 Å². The van der Waals surface area contributed by atoms with Crippen molar-refractivity contribution in [3.8, 4) is 73.4 Å². The van der Waals surface area contributed by atoms with Gasteiger partial charge in [0.25, 0.3) is 0 Å². The maximum atomic E-state index is 5.42. The number of aromatic nitrogens is 5. The normalized spacial score (nSPS) is 11.3. The summed E-state index contributed by atoms with van der Waals surface area (Å²) in [5.74, 6) is 1.90. The summed E-state index contributed by atoms with van der Waals surface area (Å²) in [7, 11) is 0. The van der Waals surface area contributed by atoms with Crippen LogP contribution in [-0.4, -0.2) is 24.7 Å². The molecule has 5 nitrogen and oxygen atoms in total. The van der Waals surface area contributed by atoms with Gasteiger partial charge in [-0.2, -0.15) is 5.10 Å². The number of hydrogen-bond acceptors (Lipinski definition) is 4. The lowest BCUT2D eigenvalue weighted by molar-refractivity contribution is 0.918. The van der Waals surface area contributed by atoms with E-state index in [2.05, 4.69) is 138 Å². The summed E-state index contributed by atoms with van der Waals surface area (Å²) in [6.45, 7) is 0. The first kappa shape index (κ1) is 32.2. The van der Waals surface area contributed by atoms with E-state index in [4.69, 9.17) is 20.1 Å². The van der Waals surface area contributed by atoms with Gasteiger partial charge in [0, 0.05) is 38.6 Å². The molecule has 0 atom stereocenters. The van der Waals surface area contributed by atoms with Crippen molar-refractivity contribution in [2.45, 2.75) is 0 Å². The standard InChI is InChI=1S/C50H33N5/c1-6-18-34(19-7-1)44-43(35-30-32-39(33-31-35)50-52-48(37-22-10-3-11-23-37)51-49(53-50)38-24-12-4-13-25-38)41-28-16-17-29-42(41)47-45(44)46(36-20-8-2-9-21-36)54-55(47)40-26-14-5-15-27-40/h1-33H. The minimum absolute atomic E-state index is 0.623. The zero-order chi connectivity index (χ0) is 36.6. The molecule has 2 aromatic heterocycles. The predicted molar refractivity (Wildman–Crippen MR) is 225 cm³/mol. The number of hydrogen-bond donors (Lipinski definition) is 0. The lowest BCUT2D eigenvalue weighted by atomic mass is 9.85. The molecule has 55 heavy (non-hydrogen) atoms. The van der Waals surface area contributed by atoms with Crippen LogP contribution in [0.4, 0.5) is 0 Å². The van der Waals surface area contributed by atoms with Crippen LogP contribution in [0.1, 0.15) is 0 Å². The Bertz CT molecular complexity index is 2870. The Hall–Kier alpha value is -7.50. The van der Waals surface area contributed by atoms with Crippen molar-refractivity contribution in [3.05, 3.63) is 200 Å². The minimum atomic E-state index is 0.623. The molecule has 0 bridgehead atoms. The minimum Gasteiger partial charge on any atom is -0.232 e. The van der Waals surface area contributed by atoms with E-state index in [0.29, 0.717) is 17.5 Å². The molecule has 0 saturated carbocycles. The molecule has 5 heteroatoms. The van der Waals surface area contributed by atoms with Crippen LogP contribution in [0.5, 0.6) is 0 Å². The van der Waals surface area contributed by atoms with Crippen molar-refractivity contribution in [2.24, 2.45) is 0 Å². The van der Waals surface area contributed by atoms with Crippen molar-refractivity contribution >= 4 is 21.7 Å². The zero-order valence-corrected chi connectivity index (χ0v) is 29.8. The molecule has 0 unspecified atom stereocenters. The van der Waals surface area contributed by atoms with Gasteiger partial charge in [-0.15, -0.1) is 0 Å². The molecule has 0 fully saturated rings. The average Bonchev–Trinajstić information content (AvgIpc) is 3.68. The highest BCUT2D eigenvalue weighted by molar-refractivity contribution is 6.24. The van der Waals surface area contributed by atoms with Crippen molar-refractivity contribution < 1.29 is 0 Å². The number of fused-ring (bicyclic) bond motifs is 3. The van der Waals surface area contributed by atoms with Crippen LogP contribution in [0.2, 0.25) is 0 Å². The van der Waals surface area contributed by atoms with Crippen LogP contribution >= 0.6 is 0 Å². The first-order chi connectivity index (χ1) is 27.3. The summed E-state index contributed by atoms with van der Waals surface area (Å²) in [5.41, 5.74) is 11.4. The Morgan fingerprint density at radius 1 is 0.309 bits per heavy atom. The fraction of sp³-hybridized carbons (Fsp3) is 0. The maximum Gasteiger partial charge on any atom is 0.164 e. The molecule has 0 N–H and O–H groups in total. The summed E-state index contributed by atoms with van der Waals surface area (Å²) in [6.07, 6.45) is 0. The molecule has 0 aliphatic carbocycles. The molecule has 2 heterocycles. The van der Waals surface area contributed by atoms with Gasteiger partial charge in [-0.25, -0.2) is 19.6 Å². The maximum absolute atomic E-state index is 5.42.